The average Bonchev–Trinajstić information content (AvgIpc) is 2.47. The third-order valence-electron chi connectivity index (χ3n) is 2.52. The lowest BCUT2D eigenvalue weighted by molar-refractivity contribution is -0.139. The van der Waals surface area contributed by atoms with E-state index in [1.165, 1.54) is 19.3 Å². The molecule has 0 heterocycles. The first kappa shape index (κ1) is 19.1. The summed E-state index contributed by atoms with van der Waals surface area (Å²) in [5.74, 6) is -0.430. The van der Waals surface area contributed by atoms with Gasteiger partial charge in [0.2, 0.25) is 0 Å². The molecule has 0 aromatic heterocycles. The van der Waals surface area contributed by atoms with E-state index in [0.717, 1.165) is 19.1 Å². The van der Waals surface area contributed by atoms with Gasteiger partial charge < -0.3 is 18.9 Å². The predicted molar refractivity (Wildman–Crippen MR) is 77.8 cm³/mol. The van der Waals surface area contributed by atoms with Gasteiger partial charge in [0.25, 0.3) is 0 Å². The van der Waals surface area contributed by atoms with Crippen LogP contribution in [0.2, 0.25) is 0 Å². The fraction of sp³-hybridized carbons (Fsp3) is 0.800. The summed E-state index contributed by atoms with van der Waals surface area (Å²) in [6.45, 7) is 9.14. The van der Waals surface area contributed by atoms with Crippen LogP contribution >= 0.6 is 0 Å². The highest BCUT2D eigenvalue weighted by Crippen LogP contribution is 1.98. The van der Waals surface area contributed by atoms with Gasteiger partial charge in [-0.25, -0.2) is 4.79 Å². The number of unbranched alkanes of at least 4 members (excludes halogenated alkanes) is 3. The lowest BCUT2D eigenvalue weighted by Crippen LogP contribution is -2.13. The summed E-state index contributed by atoms with van der Waals surface area (Å²) in [6, 6.07) is 0. The molecule has 5 nitrogen and oxygen atoms in total. The van der Waals surface area contributed by atoms with E-state index in [2.05, 4.69) is 13.5 Å². The number of hydrogen-bond donors (Lipinski definition) is 0. The molecule has 0 radical (unpaired) electrons. The average molecular weight is 288 g/mol. The second-order valence-corrected chi connectivity index (χ2v) is 4.27. The summed E-state index contributed by atoms with van der Waals surface area (Å²) < 4.78 is 20.7. The molecule has 0 aliphatic heterocycles. The quantitative estimate of drug-likeness (QED) is 0.263. The minimum Gasteiger partial charge on any atom is -0.460 e. The van der Waals surface area contributed by atoms with Crippen molar-refractivity contribution in [3.05, 3.63) is 12.7 Å². The number of carbonyl (C=O) groups is 1. The fourth-order valence-corrected chi connectivity index (χ4v) is 1.43. The van der Waals surface area contributed by atoms with E-state index in [4.69, 9.17) is 18.9 Å². The molecule has 0 aromatic carbocycles. The maximum absolute atomic E-state index is 10.7. The first-order valence-electron chi connectivity index (χ1n) is 7.33. The van der Waals surface area contributed by atoms with Gasteiger partial charge in [-0.3, -0.25) is 0 Å². The van der Waals surface area contributed by atoms with Crippen LogP contribution in [0, 0.1) is 0 Å². The first-order chi connectivity index (χ1) is 9.81. The molecular formula is C15H28O5. The second kappa shape index (κ2) is 16.1. The molecule has 0 aromatic rings. The molecule has 0 fully saturated rings. The van der Waals surface area contributed by atoms with Crippen LogP contribution < -0.4 is 0 Å². The van der Waals surface area contributed by atoms with Crippen LogP contribution in [-0.2, 0) is 23.7 Å². The minimum atomic E-state index is -0.430. The van der Waals surface area contributed by atoms with Gasteiger partial charge in [-0.2, -0.15) is 0 Å². The summed E-state index contributed by atoms with van der Waals surface area (Å²) >= 11 is 0. The predicted octanol–water partition coefficient (Wildman–Crippen LogP) is 2.35. The summed E-state index contributed by atoms with van der Waals surface area (Å²) in [6.07, 6.45) is 6.02. The molecule has 0 spiro atoms. The molecular weight excluding hydrogens is 260 g/mol. The van der Waals surface area contributed by atoms with Gasteiger partial charge in [-0.1, -0.05) is 32.8 Å². The Hall–Kier alpha value is -0.910. The number of ether oxygens (including phenoxy) is 4. The van der Waals surface area contributed by atoms with E-state index in [1.807, 2.05) is 0 Å². The smallest absolute Gasteiger partial charge is 0.330 e. The van der Waals surface area contributed by atoms with Gasteiger partial charge in [0.15, 0.2) is 0 Å². The highest BCUT2D eigenvalue weighted by Gasteiger charge is 1.95. The Morgan fingerprint density at radius 3 is 1.95 bits per heavy atom. The molecule has 0 amide bonds. The Morgan fingerprint density at radius 1 is 0.850 bits per heavy atom. The molecule has 0 atom stereocenters. The van der Waals surface area contributed by atoms with Crippen molar-refractivity contribution in [1.82, 2.24) is 0 Å². The zero-order valence-electron chi connectivity index (χ0n) is 12.6. The Labute approximate surface area is 122 Å². The van der Waals surface area contributed by atoms with Crippen molar-refractivity contribution in [3.8, 4) is 0 Å². The second-order valence-electron chi connectivity index (χ2n) is 4.27. The third-order valence-corrected chi connectivity index (χ3v) is 2.52. The van der Waals surface area contributed by atoms with Gasteiger partial charge in [0, 0.05) is 12.7 Å². The Bertz CT molecular complexity index is 230. The maximum atomic E-state index is 10.7. The molecule has 0 aliphatic carbocycles. The molecule has 0 rings (SSSR count). The van der Waals surface area contributed by atoms with E-state index in [1.54, 1.807) is 0 Å². The number of rotatable bonds is 15. The van der Waals surface area contributed by atoms with Crippen LogP contribution in [0.5, 0.6) is 0 Å². The molecule has 0 aliphatic rings. The van der Waals surface area contributed by atoms with Crippen LogP contribution in [0.3, 0.4) is 0 Å². The summed E-state index contributed by atoms with van der Waals surface area (Å²) in [5.41, 5.74) is 0. The van der Waals surface area contributed by atoms with Crippen LogP contribution in [0.4, 0.5) is 0 Å². The van der Waals surface area contributed by atoms with E-state index in [9.17, 15) is 4.79 Å². The molecule has 0 N–H and O–H groups in total. The van der Waals surface area contributed by atoms with Gasteiger partial charge >= 0.3 is 5.97 Å². The topological polar surface area (TPSA) is 54.0 Å². The normalized spacial score (nSPS) is 10.4. The number of esters is 1. The van der Waals surface area contributed by atoms with Crippen LogP contribution in [-0.4, -0.2) is 52.2 Å². The molecule has 0 unspecified atom stereocenters. The van der Waals surface area contributed by atoms with Gasteiger partial charge in [0.05, 0.1) is 33.0 Å². The zero-order valence-corrected chi connectivity index (χ0v) is 12.6. The van der Waals surface area contributed by atoms with Crippen molar-refractivity contribution in [1.29, 1.82) is 0 Å². The molecule has 118 valence electrons. The lowest BCUT2D eigenvalue weighted by Gasteiger charge is -2.07. The van der Waals surface area contributed by atoms with Gasteiger partial charge in [0.1, 0.15) is 6.61 Å². The van der Waals surface area contributed by atoms with Crippen LogP contribution in [0.1, 0.15) is 32.6 Å². The van der Waals surface area contributed by atoms with Crippen molar-refractivity contribution < 1.29 is 23.7 Å². The van der Waals surface area contributed by atoms with E-state index >= 15 is 0 Å². The highest BCUT2D eigenvalue weighted by molar-refractivity contribution is 5.81. The summed E-state index contributed by atoms with van der Waals surface area (Å²) in [4.78, 5) is 10.7. The van der Waals surface area contributed by atoms with E-state index in [-0.39, 0.29) is 6.61 Å². The zero-order chi connectivity index (χ0) is 14.9. The fourth-order valence-electron chi connectivity index (χ4n) is 1.43. The molecule has 0 saturated carbocycles. The van der Waals surface area contributed by atoms with Crippen LogP contribution in [0.15, 0.2) is 12.7 Å². The number of carbonyl (C=O) groups excluding carboxylic acids is 1. The maximum Gasteiger partial charge on any atom is 0.330 e. The number of hydrogen-bond acceptors (Lipinski definition) is 5. The van der Waals surface area contributed by atoms with E-state index < -0.39 is 5.97 Å². The van der Waals surface area contributed by atoms with Crippen molar-refractivity contribution >= 4 is 5.97 Å². The third kappa shape index (κ3) is 15.1. The van der Waals surface area contributed by atoms with Crippen molar-refractivity contribution in [2.75, 3.05) is 46.2 Å². The van der Waals surface area contributed by atoms with Crippen molar-refractivity contribution in [3.63, 3.8) is 0 Å². The molecule has 0 saturated heterocycles. The van der Waals surface area contributed by atoms with Crippen molar-refractivity contribution in [2.24, 2.45) is 0 Å². The standard InChI is InChI=1S/C15H28O5/c1-3-5-6-7-8-17-9-10-18-11-12-19-13-14-20-15(16)4-2/h4H,2-3,5-14H2,1H3. The molecule has 20 heavy (non-hydrogen) atoms. The Kier molecular flexibility index (Phi) is 15.4. The monoisotopic (exact) mass is 288 g/mol. The Morgan fingerprint density at radius 2 is 1.40 bits per heavy atom. The molecule has 5 heteroatoms. The lowest BCUT2D eigenvalue weighted by atomic mass is 10.2. The minimum absolute atomic E-state index is 0.242. The van der Waals surface area contributed by atoms with Crippen molar-refractivity contribution in [2.45, 2.75) is 32.6 Å². The van der Waals surface area contributed by atoms with Gasteiger partial charge in [-0.15, -0.1) is 0 Å². The summed E-state index contributed by atoms with van der Waals surface area (Å²) in [7, 11) is 0. The van der Waals surface area contributed by atoms with E-state index in [0.29, 0.717) is 33.0 Å². The SMILES string of the molecule is C=CC(=O)OCCOCCOCCOCCCCCC. The summed E-state index contributed by atoms with van der Waals surface area (Å²) in [5, 5.41) is 0. The first-order valence-corrected chi connectivity index (χ1v) is 7.33. The largest absolute Gasteiger partial charge is 0.460 e. The van der Waals surface area contributed by atoms with Crippen LogP contribution in [0.25, 0.3) is 0 Å². The Balaban J connectivity index is 2.99. The van der Waals surface area contributed by atoms with Gasteiger partial charge in [-0.05, 0) is 6.42 Å². The highest BCUT2D eigenvalue weighted by atomic mass is 16.6. The molecule has 0 bridgehead atoms.